The van der Waals surface area contributed by atoms with Crippen molar-refractivity contribution in [3.63, 3.8) is 0 Å². The predicted molar refractivity (Wildman–Crippen MR) is 112 cm³/mol. The van der Waals surface area contributed by atoms with Gasteiger partial charge in [-0.05, 0) is 42.3 Å². The average Bonchev–Trinajstić information content (AvgIpc) is 3.16. The van der Waals surface area contributed by atoms with E-state index in [1.807, 2.05) is 31.2 Å². The van der Waals surface area contributed by atoms with E-state index < -0.39 is 17.6 Å². The Bertz CT molecular complexity index is 1220. The number of aromatic nitrogens is 3. The zero-order chi connectivity index (χ0) is 22.0. The molecular formula is C23H17F4N3S. The largest absolute Gasteiger partial charge is 0.416 e. The van der Waals surface area contributed by atoms with Crippen LogP contribution >= 0.6 is 11.8 Å². The fourth-order valence-corrected chi connectivity index (χ4v) is 4.09. The molecule has 1 heterocycles. The van der Waals surface area contributed by atoms with Crippen molar-refractivity contribution in [1.29, 1.82) is 0 Å². The maximum atomic E-state index is 14.5. The summed E-state index contributed by atoms with van der Waals surface area (Å²) in [7, 11) is 0. The van der Waals surface area contributed by atoms with Crippen molar-refractivity contribution < 1.29 is 17.6 Å². The minimum Gasteiger partial charge on any atom is -0.270 e. The second-order valence-electron chi connectivity index (χ2n) is 6.89. The maximum absolute atomic E-state index is 14.5. The third-order valence-corrected chi connectivity index (χ3v) is 5.73. The smallest absolute Gasteiger partial charge is 0.270 e. The van der Waals surface area contributed by atoms with Gasteiger partial charge in [0.05, 0.1) is 16.8 Å². The molecular weight excluding hydrogens is 426 g/mol. The fourth-order valence-electron chi connectivity index (χ4n) is 3.20. The highest BCUT2D eigenvalue weighted by Gasteiger charge is 2.30. The molecule has 0 N–H and O–H groups in total. The molecule has 0 fully saturated rings. The Labute approximate surface area is 180 Å². The quantitative estimate of drug-likeness (QED) is 0.254. The van der Waals surface area contributed by atoms with Crippen LogP contribution in [-0.4, -0.2) is 14.8 Å². The Balaban J connectivity index is 1.74. The van der Waals surface area contributed by atoms with Crippen molar-refractivity contribution in [3.05, 3.63) is 95.3 Å². The van der Waals surface area contributed by atoms with Gasteiger partial charge >= 0.3 is 6.18 Å². The Morgan fingerprint density at radius 2 is 1.65 bits per heavy atom. The highest BCUT2D eigenvalue weighted by atomic mass is 32.2. The van der Waals surface area contributed by atoms with Gasteiger partial charge in [0.25, 0.3) is 0 Å². The second kappa shape index (κ2) is 8.55. The van der Waals surface area contributed by atoms with Crippen LogP contribution in [0, 0.1) is 12.7 Å². The molecule has 1 aromatic heterocycles. The molecule has 8 heteroatoms. The first-order chi connectivity index (χ1) is 14.8. The number of aryl methyl sites for hydroxylation is 1. The lowest BCUT2D eigenvalue weighted by Gasteiger charge is -2.13. The molecule has 0 spiro atoms. The monoisotopic (exact) mass is 443 g/mol. The molecule has 158 valence electrons. The number of nitrogens with zero attached hydrogens (tertiary/aromatic N) is 3. The summed E-state index contributed by atoms with van der Waals surface area (Å²) in [6.45, 7) is 1.92. The van der Waals surface area contributed by atoms with Crippen LogP contribution in [0.4, 0.5) is 17.6 Å². The van der Waals surface area contributed by atoms with Crippen molar-refractivity contribution in [3.8, 4) is 17.1 Å². The number of hydrogen-bond donors (Lipinski definition) is 0. The molecule has 0 amide bonds. The predicted octanol–water partition coefficient (Wildman–Crippen LogP) is 6.69. The molecule has 4 aromatic rings. The normalized spacial score (nSPS) is 11.6. The van der Waals surface area contributed by atoms with Crippen LogP contribution < -0.4 is 0 Å². The number of rotatable bonds is 5. The van der Waals surface area contributed by atoms with E-state index in [-0.39, 0.29) is 5.75 Å². The molecule has 0 aliphatic carbocycles. The lowest BCUT2D eigenvalue weighted by molar-refractivity contribution is -0.137. The lowest BCUT2D eigenvalue weighted by atomic mass is 10.1. The van der Waals surface area contributed by atoms with Gasteiger partial charge in [0, 0.05) is 5.75 Å². The van der Waals surface area contributed by atoms with Gasteiger partial charge in [0.2, 0.25) is 0 Å². The molecule has 0 radical (unpaired) electrons. The fraction of sp³-hybridized carbons (Fsp3) is 0.130. The van der Waals surface area contributed by atoms with Crippen LogP contribution in [0.5, 0.6) is 0 Å². The van der Waals surface area contributed by atoms with Crippen molar-refractivity contribution >= 4 is 11.8 Å². The van der Waals surface area contributed by atoms with Gasteiger partial charge in [0.15, 0.2) is 11.0 Å². The first-order valence-electron chi connectivity index (χ1n) is 9.40. The molecule has 31 heavy (non-hydrogen) atoms. The van der Waals surface area contributed by atoms with Crippen LogP contribution in [0.1, 0.15) is 16.7 Å². The van der Waals surface area contributed by atoms with Crippen LogP contribution in [-0.2, 0) is 11.9 Å². The van der Waals surface area contributed by atoms with Crippen LogP contribution in [0.3, 0.4) is 0 Å². The number of thioether (sulfide) groups is 1. The molecule has 0 atom stereocenters. The molecule has 0 aliphatic heterocycles. The molecule has 0 bridgehead atoms. The summed E-state index contributed by atoms with van der Waals surface area (Å²) in [6, 6.07) is 19.0. The van der Waals surface area contributed by atoms with E-state index in [2.05, 4.69) is 10.2 Å². The molecule has 0 aliphatic rings. The van der Waals surface area contributed by atoms with Gasteiger partial charge in [-0.1, -0.05) is 60.3 Å². The van der Waals surface area contributed by atoms with Gasteiger partial charge in [-0.3, -0.25) is 4.57 Å². The Morgan fingerprint density at radius 3 is 2.39 bits per heavy atom. The van der Waals surface area contributed by atoms with E-state index in [4.69, 9.17) is 0 Å². The topological polar surface area (TPSA) is 30.7 Å². The van der Waals surface area contributed by atoms with E-state index in [9.17, 15) is 17.6 Å². The SMILES string of the molecule is Cc1ccccc1-n1c(SCc2cccc(C(F)(F)F)c2)nnc1-c1ccccc1F. The van der Waals surface area contributed by atoms with E-state index in [1.165, 1.54) is 23.9 Å². The third kappa shape index (κ3) is 4.49. The van der Waals surface area contributed by atoms with E-state index in [0.29, 0.717) is 22.1 Å². The Kier molecular flexibility index (Phi) is 5.82. The lowest BCUT2D eigenvalue weighted by Crippen LogP contribution is -2.05. The number of alkyl halides is 3. The summed E-state index contributed by atoms with van der Waals surface area (Å²) in [5.41, 5.74) is 1.81. The Morgan fingerprint density at radius 1 is 0.903 bits per heavy atom. The van der Waals surface area contributed by atoms with Gasteiger partial charge in [-0.2, -0.15) is 13.2 Å². The van der Waals surface area contributed by atoms with E-state index in [1.54, 1.807) is 28.8 Å². The molecule has 0 saturated heterocycles. The summed E-state index contributed by atoms with van der Waals surface area (Å²) < 4.78 is 55.3. The highest BCUT2D eigenvalue weighted by molar-refractivity contribution is 7.98. The van der Waals surface area contributed by atoms with Crippen molar-refractivity contribution in [2.45, 2.75) is 24.0 Å². The summed E-state index contributed by atoms with van der Waals surface area (Å²) in [5.74, 6) is 0.156. The minimum atomic E-state index is -4.40. The maximum Gasteiger partial charge on any atom is 0.416 e. The van der Waals surface area contributed by atoms with E-state index in [0.717, 1.165) is 23.4 Å². The number of para-hydroxylation sites is 1. The number of benzene rings is 3. The van der Waals surface area contributed by atoms with Crippen LogP contribution in [0.25, 0.3) is 17.1 Å². The van der Waals surface area contributed by atoms with Crippen molar-refractivity contribution in [2.75, 3.05) is 0 Å². The van der Waals surface area contributed by atoms with Gasteiger partial charge in [-0.15, -0.1) is 10.2 Å². The second-order valence-corrected chi connectivity index (χ2v) is 7.84. The van der Waals surface area contributed by atoms with Gasteiger partial charge < -0.3 is 0 Å². The zero-order valence-electron chi connectivity index (χ0n) is 16.4. The van der Waals surface area contributed by atoms with Crippen LogP contribution in [0.15, 0.2) is 78.0 Å². The highest BCUT2D eigenvalue weighted by Crippen LogP contribution is 2.34. The molecule has 0 unspecified atom stereocenters. The molecule has 4 rings (SSSR count). The third-order valence-electron chi connectivity index (χ3n) is 4.73. The van der Waals surface area contributed by atoms with Crippen molar-refractivity contribution in [1.82, 2.24) is 14.8 Å². The first-order valence-corrected chi connectivity index (χ1v) is 10.4. The average molecular weight is 443 g/mol. The minimum absolute atomic E-state index is 0.255. The molecule has 3 nitrogen and oxygen atoms in total. The van der Waals surface area contributed by atoms with E-state index >= 15 is 0 Å². The summed E-state index contributed by atoms with van der Waals surface area (Å²) in [5, 5.41) is 8.89. The van der Waals surface area contributed by atoms with Gasteiger partial charge in [-0.25, -0.2) is 4.39 Å². The first kappa shape index (κ1) is 21.1. The summed E-state index contributed by atoms with van der Waals surface area (Å²) in [6.07, 6.45) is -4.40. The molecule has 0 saturated carbocycles. The summed E-state index contributed by atoms with van der Waals surface area (Å²) >= 11 is 1.24. The van der Waals surface area contributed by atoms with Gasteiger partial charge in [0.1, 0.15) is 5.82 Å². The Hall–Kier alpha value is -3.13. The standard InChI is InChI=1S/C23H17F4N3S/c1-15-7-2-5-12-20(15)30-21(18-10-3-4-11-19(18)24)28-29-22(30)31-14-16-8-6-9-17(13-16)23(25,26)27/h2-13H,14H2,1H3. The van der Waals surface area contributed by atoms with Crippen molar-refractivity contribution in [2.24, 2.45) is 0 Å². The number of halogens is 4. The number of hydrogen-bond acceptors (Lipinski definition) is 3. The zero-order valence-corrected chi connectivity index (χ0v) is 17.2. The van der Waals surface area contributed by atoms with Crippen LogP contribution in [0.2, 0.25) is 0 Å². The molecule has 3 aromatic carbocycles. The summed E-state index contributed by atoms with van der Waals surface area (Å²) in [4.78, 5) is 0.